The van der Waals surface area contributed by atoms with Gasteiger partial charge in [0.05, 0.1) is 17.2 Å². The maximum atomic E-state index is 13.8. The number of carbonyl (C=O) groups is 5. The number of anilines is 4. The molecule has 22 heteroatoms. The van der Waals surface area contributed by atoms with Gasteiger partial charge in [-0.2, -0.15) is 10.2 Å². The largest absolute Gasteiger partial charge is 0.388 e. The number of amidine groups is 1. The first-order chi connectivity index (χ1) is 27.2. The van der Waals surface area contributed by atoms with Crippen molar-refractivity contribution in [2.24, 2.45) is 33.9 Å². The summed E-state index contributed by atoms with van der Waals surface area (Å²) in [5, 5.41) is 31.2. The highest BCUT2D eigenvalue weighted by atomic mass is 79.9. The molecule has 4 heterocycles. The van der Waals surface area contributed by atoms with Crippen LogP contribution in [0.3, 0.4) is 0 Å². The van der Waals surface area contributed by atoms with Gasteiger partial charge in [-0.25, -0.2) is 10.0 Å². The Labute approximate surface area is 360 Å². The number of hydrogen-bond donors (Lipinski definition) is 6. The fourth-order valence-corrected chi connectivity index (χ4v) is 6.62. The van der Waals surface area contributed by atoms with Crippen LogP contribution in [0.5, 0.6) is 0 Å². The van der Waals surface area contributed by atoms with E-state index in [1.54, 1.807) is 73.4 Å². The molecule has 1 aromatic carbocycles. The topological polar surface area (TPSA) is 235 Å². The monoisotopic (exact) mass is 988 g/mol. The number of benzene rings is 1. The molecule has 0 bridgehead atoms. The maximum Gasteiger partial charge on any atom is 0.275 e. The average Bonchev–Trinajstić information content (AvgIpc) is 3.93. The quantitative estimate of drug-likeness (QED) is 0.0343. The number of nitrogens with one attached hydrogen (secondary N) is 5. The lowest BCUT2D eigenvalue weighted by Crippen LogP contribution is -2.48. The highest BCUT2D eigenvalue weighted by molar-refractivity contribution is 9.09. The Morgan fingerprint density at radius 1 is 0.724 bits per heavy atom. The fourth-order valence-electron chi connectivity index (χ4n) is 5.81. The summed E-state index contributed by atoms with van der Waals surface area (Å²) < 4.78 is 5.74. The fraction of sp³-hybridized carbons (Fsp3) is 0.278. The number of aryl methyl sites for hydroxylation is 4. The number of alkyl halides is 2. The zero-order valence-corrected chi connectivity index (χ0v) is 36.8. The molecule has 0 aliphatic heterocycles. The van der Waals surface area contributed by atoms with Crippen molar-refractivity contribution < 1.29 is 24.0 Å². The first-order valence-electron chi connectivity index (χ1n) is 17.4. The smallest absolute Gasteiger partial charge is 0.275 e. The Balaban J connectivity index is 0.00000744. The van der Waals surface area contributed by atoms with Gasteiger partial charge in [0, 0.05) is 95.0 Å². The summed E-state index contributed by atoms with van der Waals surface area (Å²) in [5.41, 5.74) is 7.41. The minimum Gasteiger partial charge on any atom is -0.388 e. The van der Waals surface area contributed by atoms with Gasteiger partial charge in [0.1, 0.15) is 22.8 Å². The number of amides is 5. The third-order valence-corrected chi connectivity index (χ3v) is 9.24. The molecular weight excluding hydrogens is 948 g/mol. The van der Waals surface area contributed by atoms with Crippen LogP contribution < -0.4 is 32.0 Å². The summed E-state index contributed by atoms with van der Waals surface area (Å²) in [5.74, 6) is -2.17. The number of hydrogen-bond acceptors (Lipinski definition) is 9. The molecular formula is C36H43Br3N14O5. The predicted molar refractivity (Wildman–Crippen MR) is 233 cm³/mol. The first-order valence-corrected chi connectivity index (χ1v) is 19.7. The third-order valence-electron chi connectivity index (χ3n) is 8.53. The lowest BCUT2D eigenvalue weighted by molar-refractivity contribution is 0.0902. The number of carbonyl (C=O) groups excluding carboxylic acids is 5. The van der Waals surface area contributed by atoms with Gasteiger partial charge in [-0.3, -0.25) is 38.7 Å². The summed E-state index contributed by atoms with van der Waals surface area (Å²) in [7, 11) is 6.42. The van der Waals surface area contributed by atoms with Crippen LogP contribution in [0.25, 0.3) is 0 Å². The molecule has 0 spiro atoms. The molecule has 0 radical (unpaired) electrons. The van der Waals surface area contributed by atoms with E-state index in [0.717, 1.165) is 0 Å². The molecule has 0 unspecified atom stereocenters. The number of halogens is 3. The summed E-state index contributed by atoms with van der Waals surface area (Å²) in [6.07, 6.45) is 3.49. The Kier molecular flexibility index (Phi) is 15.7. The van der Waals surface area contributed by atoms with Gasteiger partial charge in [-0.1, -0.05) is 50.1 Å². The highest BCUT2D eigenvalue weighted by Gasteiger charge is 2.27. The molecule has 0 fully saturated rings. The van der Waals surface area contributed by atoms with E-state index in [2.05, 4.69) is 63.3 Å². The first kappa shape index (κ1) is 45.1. The maximum absolute atomic E-state index is 13.8. The molecule has 0 aliphatic carbocycles. The summed E-state index contributed by atoms with van der Waals surface area (Å²) in [6.45, 7) is 1.23. The number of nitrogens with two attached hydrogens (primary N) is 1. The lowest BCUT2D eigenvalue weighted by atomic mass is 10.2. The summed E-state index contributed by atoms with van der Waals surface area (Å²) in [6, 6.07) is 14.8. The number of rotatable bonds is 17. The van der Waals surface area contributed by atoms with Gasteiger partial charge in [0.15, 0.2) is 11.6 Å². The van der Waals surface area contributed by atoms with Crippen LogP contribution in [0, 0.1) is 5.41 Å². The van der Waals surface area contributed by atoms with Gasteiger partial charge in [-0.05, 0) is 24.3 Å². The Hall–Kier alpha value is -5.58. The van der Waals surface area contributed by atoms with Gasteiger partial charge in [0.2, 0.25) is 0 Å². The van der Waals surface area contributed by atoms with E-state index in [9.17, 15) is 24.0 Å². The summed E-state index contributed by atoms with van der Waals surface area (Å²) >= 11 is 6.97. The van der Waals surface area contributed by atoms with Crippen LogP contribution in [0.4, 0.5) is 23.0 Å². The van der Waals surface area contributed by atoms with Crippen molar-refractivity contribution in [3.05, 3.63) is 95.3 Å². The van der Waals surface area contributed by atoms with E-state index < -0.39 is 23.6 Å². The van der Waals surface area contributed by atoms with E-state index in [-0.39, 0.29) is 76.1 Å². The van der Waals surface area contributed by atoms with Crippen LogP contribution in [0.1, 0.15) is 58.7 Å². The molecule has 0 atom stereocenters. The van der Waals surface area contributed by atoms with Crippen molar-refractivity contribution in [3.8, 4) is 0 Å². The van der Waals surface area contributed by atoms with Crippen molar-refractivity contribution in [1.29, 1.82) is 5.41 Å². The van der Waals surface area contributed by atoms with Crippen LogP contribution >= 0.6 is 48.8 Å². The van der Waals surface area contributed by atoms with Gasteiger partial charge in [-0.15, -0.1) is 17.0 Å². The molecule has 5 amide bonds. The minimum absolute atomic E-state index is 0. The van der Waals surface area contributed by atoms with Gasteiger partial charge < -0.3 is 36.1 Å². The van der Waals surface area contributed by atoms with Gasteiger partial charge in [0.25, 0.3) is 29.5 Å². The summed E-state index contributed by atoms with van der Waals surface area (Å²) in [4.78, 5) is 66.4. The second-order valence-electron chi connectivity index (χ2n) is 12.7. The second-order valence-corrected chi connectivity index (χ2v) is 14.3. The molecule has 0 saturated carbocycles. The second kappa shape index (κ2) is 20.2. The number of nitrogens with zero attached hydrogens (tertiary/aromatic N) is 8. The minimum atomic E-state index is -0.591. The van der Waals surface area contributed by atoms with Crippen molar-refractivity contribution in [1.82, 2.24) is 39.0 Å². The van der Waals surface area contributed by atoms with Crippen molar-refractivity contribution in [2.45, 2.75) is 6.42 Å². The molecule has 7 N–H and O–H groups in total. The van der Waals surface area contributed by atoms with Crippen LogP contribution in [-0.2, 0) is 28.2 Å². The number of hydrazine groups is 1. The van der Waals surface area contributed by atoms with Crippen molar-refractivity contribution in [2.75, 3.05) is 51.3 Å². The molecule has 58 heavy (non-hydrogen) atoms. The zero-order valence-electron chi connectivity index (χ0n) is 32.0. The van der Waals surface area contributed by atoms with E-state index in [0.29, 0.717) is 40.7 Å². The average molecular weight is 992 g/mol. The van der Waals surface area contributed by atoms with Crippen LogP contribution in [0.15, 0.2) is 67.0 Å². The molecule has 5 rings (SSSR count). The zero-order chi connectivity index (χ0) is 41.4. The lowest BCUT2D eigenvalue weighted by Gasteiger charge is -2.33. The predicted octanol–water partition coefficient (Wildman–Crippen LogP) is 3.87. The Morgan fingerprint density at radius 2 is 1.24 bits per heavy atom. The highest BCUT2D eigenvalue weighted by Crippen LogP contribution is 2.25. The molecule has 5 aromatic rings. The van der Waals surface area contributed by atoms with E-state index in [4.69, 9.17) is 11.1 Å². The molecule has 308 valence electrons. The van der Waals surface area contributed by atoms with Crippen LogP contribution in [0.2, 0.25) is 0 Å². The van der Waals surface area contributed by atoms with E-state index >= 15 is 0 Å². The van der Waals surface area contributed by atoms with E-state index in [1.165, 1.54) is 39.2 Å². The van der Waals surface area contributed by atoms with Gasteiger partial charge >= 0.3 is 0 Å². The Morgan fingerprint density at radius 3 is 1.81 bits per heavy atom. The normalized spacial score (nSPS) is 10.8. The molecule has 4 aromatic heterocycles. The van der Waals surface area contributed by atoms with Crippen molar-refractivity contribution in [3.63, 3.8) is 0 Å². The SMILES string of the molecule is Br.Cn1cc(N(C(=O)c2ccccc2)N(CCBr)CCBr)cc1C(=O)Nc1cc(C(=O)Nc2cc(C(=O)Nc3cc(C(=O)NCCC(=N)N)n(C)n3)n(C)n2)n(C)c1. The number of aromatic nitrogens is 6. The van der Waals surface area contributed by atoms with Crippen LogP contribution in [-0.4, -0.2) is 99.4 Å². The molecule has 0 saturated heterocycles. The van der Waals surface area contributed by atoms with E-state index in [1.807, 2.05) is 11.1 Å². The standard InChI is InChI=1S/C36H42Br2N14O5.BrH/c1-47-20-23(42-33(54)26-17-24(21-48(26)2)52(51(14-11-37)15-12-38)36(57)22-8-6-5-7-9-22)16-25(47)34(55)43-31-19-28(50(4)46-31)35(56)44-30-18-27(49(3)45-30)32(53)41-13-10-29(39)40;/h5-9,16-21H,10-15H2,1-4H3,(H3,39,40)(H,41,53)(H,42,54)(H,43,46,55)(H,44,45,56);1H. The third kappa shape index (κ3) is 10.9. The van der Waals surface area contributed by atoms with Crippen molar-refractivity contribution >= 4 is 107 Å². The molecule has 19 nitrogen and oxygen atoms in total. The Bertz CT molecular complexity index is 2290. The molecule has 0 aliphatic rings.